The second kappa shape index (κ2) is 6.25. The van der Waals surface area contributed by atoms with E-state index in [2.05, 4.69) is 14.0 Å². The van der Waals surface area contributed by atoms with Gasteiger partial charge in [-0.15, -0.1) is 0 Å². The van der Waals surface area contributed by atoms with Crippen LogP contribution in [0.15, 0.2) is 24.3 Å². The molecule has 1 aromatic rings. The van der Waals surface area contributed by atoms with Gasteiger partial charge in [-0.25, -0.2) is 4.39 Å². The van der Waals surface area contributed by atoms with E-state index in [9.17, 15) is 9.50 Å². The zero-order valence-corrected chi connectivity index (χ0v) is 13.4. The lowest BCUT2D eigenvalue weighted by molar-refractivity contribution is 0.226. The van der Waals surface area contributed by atoms with E-state index in [0.717, 1.165) is 5.56 Å². The molecule has 108 valence electrons. The van der Waals surface area contributed by atoms with Crippen molar-refractivity contribution in [3.8, 4) is 0 Å². The van der Waals surface area contributed by atoms with Gasteiger partial charge in [-0.2, -0.15) is 14.0 Å². The van der Waals surface area contributed by atoms with Gasteiger partial charge < -0.3 is 5.11 Å². The zero-order valence-electron chi connectivity index (χ0n) is 12.5. The van der Waals surface area contributed by atoms with Crippen molar-refractivity contribution in [3.63, 3.8) is 0 Å². The molecule has 1 atom stereocenters. The predicted octanol–water partition coefficient (Wildman–Crippen LogP) is 2.26. The fourth-order valence-corrected chi connectivity index (χ4v) is 6.60. The standard InChI is InChI=1S/C13H24FN3OP/c1-15(2)19(16(3)4,17(5)6)13(18)11-7-9-12(14)10-8-11/h7-10,13,18H,1-6H3/q+1. The molecule has 0 bridgehead atoms. The van der Waals surface area contributed by atoms with E-state index in [-0.39, 0.29) is 5.82 Å². The lowest BCUT2D eigenvalue weighted by Gasteiger charge is -2.42. The Labute approximate surface area is 115 Å². The van der Waals surface area contributed by atoms with Gasteiger partial charge in [0.2, 0.25) is 5.85 Å². The topological polar surface area (TPSA) is 30.0 Å². The number of halogens is 1. The minimum atomic E-state index is -2.11. The predicted molar refractivity (Wildman–Crippen MR) is 79.3 cm³/mol. The molecule has 0 saturated heterocycles. The van der Waals surface area contributed by atoms with E-state index < -0.39 is 13.6 Å². The molecule has 0 aliphatic rings. The highest BCUT2D eigenvalue weighted by molar-refractivity contribution is 7.69. The smallest absolute Gasteiger partial charge is 0.261 e. The monoisotopic (exact) mass is 288 g/mol. The van der Waals surface area contributed by atoms with Gasteiger partial charge in [0.15, 0.2) is 0 Å². The first kappa shape index (κ1) is 16.5. The van der Waals surface area contributed by atoms with E-state index in [1.165, 1.54) is 12.1 Å². The molecule has 0 fully saturated rings. The summed E-state index contributed by atoms with van der Waals surface area (Å²) in [5, 5.41) is 10.8. The summed E-state index contributed by atoms with van der Waals surface area (Å²) in [6, 6.07) is 6.05. The van der Waals surface area contributed by atoms with Crippen LogP contribution in [0.1, 0.15) is 11.4 Å². The molecule has 0 amide bonds. The van der Waals surface area contributed by atoms with Gasteiger partial charge in [0.25, 0.3) is 7.71 Å². The molecule has 19 heavy (non-hydrogen) atoms. The van der Waals surface area contributed by atoms with E-state index in [1.807, 2.05) is 42.3 Å². The van der Waals surface area contributed by atoms with Gasteiger partial charge in [-0.05, 0) is 24.3 Å². The van der Waals surface area contributed by atoms with E-state index in [4.69, 9.17) is 0 Å². The molecular formula is C13H24FN3OP+. The largest absolute Gasteiger partial charge is 0.352 e. The number of rotatable bonds is 5. The van der Waals surface area contributed by atoms with Gasteiger partial charge in [-0.1, -0.05) is 0 Å². The summed E-state index contributed by atoms with van der Waals surface area (Å²) in [6.45, 7) is 0. The normalized spacial score (nSPS) is 14.5. The first-order valence-corrected chi connectivity index (χ1v) is 7.82. The minimum Gasteiger partial charge on any atom is -0.352 e. The number of hydrogen-bond acceptors (Lipinski definition) is 4. The van der Waals surface area contributed by atoms with Crippen LogP contribution in [-0.4, -0.2) is 61.4 Å². The van der Waals surface area contributed by atoms with Crippen molar-refractivity contribution in [1.29, 1.82) is 0 Å². The summed E-state index contributed by atoms with van der Waals surface area (Å²) in [4.78, 5) is 0. The Morgan fingerprint density at radius 2 is 1.26 bits per heavy atom. The summed E-state index contributed by atoms with van der Waals surface area (Å²) in [5.41, 5.74) is 0.728. The van der Waals surface area contributed by atoms with Crippen LogP contribution < -0.4 is 0 Å². The Morgan fingerprint density at radius 3 is 1.58 bits per heavy atom. The Morgan fingerprint density at radius 1 is 0.895 bits per heavy atom. The van der Waals surface area contributed by atoms with Gasteiger partial charge >= 0.3 is 0 Å². The third-order valence-electron chi connectivity index (χ3n) is 3.26. The highest BCUT2D eigenvalue weighted by atomic mass is 31.2. The summed E-state index contributed by atoms with van der Waals surface area (Å²) >= 11 is 0. The molecule has 0 aliphatic heterocycles. The molecule has 1 rings (SSSR count). The maximum absolute atomic E-state index is 13.0. The first-order valence-electron chi connectivity index (χ1n) is 6.10. The van der Waals surface area contributed by atoms with Gasteiger partial charge in [0, 0.05) is 47.8 Å². The lowest BCUT2D eigenvalue weighted by Crippen LogP contribution is -2.39. The second-order valence-corrected chi connectivity index (χ2v) is 9.20. The molecule has 0 aliphatic carbocycles. The van der Waals surface area contributed by atoms with E-state index >= 15 is 0 Å². The van der Waals surface area contributed by atoms with E-state index in [1.54, 1.807) is 12.1 Å². The lowest BCUT2D eigenvalue weighted by atomic mass is 10.2. The molecule has 0 saturated carbocycles. The molecule has 1 aromatic carbocycles. The van der Waals surface area contributed by atoms with Crippen LogP contribution in [0, 0.1) is 5.82 Å². The molecule has 0 radical (unpaired) electrons. The third-order valence-corrected chi connectivity index (χ3v) is 7.75. The number of hydrogen-bond donors (Lipinski definition) is 1. The van der Waals surface area contributed by atoms with Crippen molar-refractivity contribution in [2.24, 2.45) is 0 Å². The van der Waals surface area contributed by atoms with Crippen molar-refractivity contribution in [3.05, 3.63) is 35.6 Å². The Balaban J connectivity index is 3.28. The number of aliphatic hydroxyl groups is 1. The quantitative estimate of drug-likeness (QED) is 0.842. The third kappa shape index (κ3) is 2.96. The summed E-state index contributed by atoms with van der Waals surface area (Å²) < 4.78 is 19.2. The maximum atomic E-state index is 13.0. The Bertz CT molecular complexity index is 387. The molecule has 1 unspecified atom stereocenters. The highest BCUT2D eigenvalue weighted by Crippen LogP contribution is 2.72. The van der Waals surface area contributed by atoms with Crippen molar-refractivity contribution >= 4 is 7.71 Å². The van der Waals surface area contributed by atoms with E-state index in [0.29, 0.717) is 0 Å². The van der Waals surface area contributed by atoms with Crippen LogP contribution >= 0.6 is 7.71 Å². The van der Waals surface area contributed by atoms with Crippen molar-refractivity contribution in [2.75, 3.05) is 42.3 Å². The molecule has 0 spiro atoms. The van der Waals surface area contributed by atoms with Crippen LogP contribution in [0.25, 0.3) is 0 Å². The SMILES string of the molecule is CN(C)[P+](C(O)c1ccc(F)cc1)(N(C)C)N(C)C. The number of nitrogens with zero attached hydrogens (tertiary/aromatic N) is 3. The van der Waals surface area contributed by atoms with Crippen LogP contribution in [0.4, 0.5) is 4.39 Å². The van der Waals surface area contributed by atoms with Gasteiger partial charge in [0.1, 0.15) is 5.82 Å². The Hall–Kier alpha value is -0.580. The fraction of sp³-hybridized carbons (Fsp3) is 0.538. The minimum absolute atomic E-state index is 0.292. The fourth-order valence-electron chi connectivity index (χ4n) is 2.56. The maximum Gasteiger partial charge on any atom is 0.261 e. The van der Waals surface area contributed by atoms with Crippen LogP contribution in [0.3, 0.4) is 0 Å². The van der Waals surface area contributed by atoms with Crippen molar-refractivity contribution < 1.29 is 9.50 Å². The highest BCUT2D eigenvalue weighted by Gasteiger charge is 2.55. The first-order chi connectivity index (χ1) is 8.74. The molecular weight excluding hydrogens is 264 g/mol. The molecule has 1 N–H and O–H groups in total. The molecule has 0 heterocycles. The second-order valence-electron chi connectivity index (χ2n) is 5.08. The average Bonchev–Trinajstić information content (AvgIpc) is 2.28. The number of benzene rings is 1. The molecule has 6 heteroatoms. The van der Waals surface area contributed by atoms with Crippen molar-refractivity contribution in [2.45, 2.75) is 5.85 Å². The summed E-state index contributed by atoms with van der Waals surface area (Å²) in [7, 11) is 9.65. The average molecular weight is 288 g/mol. The summed E-state index contributed by atoms with van der Waals surface area (Å²) in [5.74, 6) is -0.979. The number of aliphatic hydroxyl groups excluding tert-OH is 1. The van der Waals surface area contributed by atoms with Crippen LogP contribution in [0.5, 0.6) is 0 Å². The van der Waals surface area contributed by atoms with Gasteiger partial charge in [-0.3, -0.25) is 0 Å². The summed E-state index contributed by atoms with van der Waals surface area (Å²) in [6.07, 6.45) is 0. The van der Waals surface area contributed by atoms with Gasteiger partial charge in [0.05, 0.1) is 0 Å². The van der Waals surface area contributed by atoms with Crippen molar-refractivity contribution in [1.82, 2.24) is 14.0 Å². The van der Waals surface area contributed by atoms with Crippen LogP contribution in [-0.2, 0) is 0 Å². The Kier molecular flexibility index (Phi) is 5.42. The zero-order chi connectivity index (χ0) is 14.8. The molecule has 4 nitrogen and oxygen atoms in total. The van der Waals surface area contributed by atoms with Crippen LogP contribution in [0.2, 0.25) is 0 Å². The molecule has 0 aromatic heterocycles.